The number of aliphatic hydroxyl groups is 1. The molecule has 2 unspecified atom stereocenters. The molecule has 4 aliphatic rings. The minimum Gasteiger partial charge on any atom is -0.466 e. The molecule has 0 radical (unpaired) electrons. The van der Waals surface area contributed by atoms with Gasteiger partial charge in [-0.05, 0) is 45.4 Å². The van der Waals surface area contributed by atoms with Crippen LogP contribution in [-0.4, -0.2) is 69.6 Å². The number of likely N-dealkylation sites (tertiary alicyclic amines) is 1. The molecule has 1 saturated carbocycles. The summed E-state index contributed by atoms with van der Waals surface area (Å²) in [6.07, 6.45) is 10.6. The summed E-state index contributed by atoms with van der Waals surface area (Å²) >= 11 is 1.71. The van der Waals surface area contributed by atoms with Gasteiger partial charge in [0.25, 0.3) is 0 Å². The average molecular weight is 467 g/mol. The SMILES string of the molecule is CCOC(=O)[C@@H]1[C@H]2C(=O)N(CCCCCCO)C(C(=O)NC3CCCCC3)C23CC[C@H]1S3. The van der Waals surface area contributed by atoms with E-state index in [2.05, 4.69) is 5.32 Å². The van der Waals surface area contributed by atoms with E-state index in [-0.39, 0.29) is 35.7 Å². The normalized spacial score (nSPS) is 34.1. The third-order valence-corrected chi connectivity index (χ3v) is 9.82. The summed E-state index contributed by atoms with van der Waals surface area (Å²) in [5, 5.41) is 12.4. The number of thioether (sulfide) groups is 1. The number of amides is 2. The number of hydrogen-bond donors (Lipinski definition) is 2. The Balaban J connectivity index is 1.56. The van der Waals surface area contributed by atoms with Gasteiger partial charge in [-0.25, -0.2) is 0 Å². The van der Waals surface area contributed by atoms with Gasteiger partial charge < -0.3 is 20.1 Å². The molecule has 32 heavy (non-hydrogen) atoms. The van der Waals surface area contributed by atoms with Crippen molar-refractivity contribution in [1.29, 1.82) is 0 Å². The number of rotatable bonds is 10. The lowest BCUT2D eigenvalue weighted by Crippen LogP contribution is -2.55. The van der Waals surface area contributed by atoms with Crippen LogP contribution < -0.4 is 5.32 Å². The van der Waals surface area contributed by atoms with Gasteiger partial charge in [0.1, 0.15) is 6.04 Å². The lowest BCUT2D eigenvalue weighted by molar-refractivity contribution is -0.153. The second-order valence-corrected chi connectivity index (χ2v) is 11.4. The molecule has 8 heteroatoms. The predicted octanol–water partition coefficient (Wildman–Crippen LogP) is 2.64. The zero-order chi connectivity index (χ0) is 22.7. The van der Waals surface area contributed by atoms with E-state index < -0.39 is 22.6 Å². The van der Waals surface area contributed by atoms with Crippen LogP contribution in [0.15, 0.2) is 0 Å². The van der Waals surface area contributed by atoms with Gasteiger partial charge in [0, 0.05) is 24.4 Å². The van der Waals surface area contributed by atoms with Gasteiger partial charge in [-0.2, -0.15) is 0 Å². The fourth-order valence-electron chi connectivity index (χ4n) is 6.47. The van der Waals surface area contributed by atoms with Gasteiger partial charge >= 0.3 is 5.97 Å². The van der Waals surface area contributed by atoms with E-state index in [4.69, 9.17) is 9.84 Å². The predicted molar refractivity (Wildman–Crippen MR) is 123 cm³/mol. The van der Waals surface area contributed by atoms with Crippen LogP contribution in [0, 0.1) is 11.8 Å². The standard InChI is InChI=1S/C24H38N2O5S/c1-2-31-23(30)18-17-12-13-24(32-17)19(18)22(29)26(14-8-3-4-9-15-27)20(24)21(28)25-16-10-6-5-7-11-16/h16-20,27H,2-15H2,1H3,(H,25,28)/t17-,18+,19+,20?,24?/m1/s1. The van der Waals surface area contributed by atoms with Crippen molar-refractivity contribution in [2.24, 2.45) is 11.8 Å². The summed E-state index contributed by atoms with van der Waals surface area (Å²) in [7, 11) is 0. The number of fused-ring (bicyclic) bond motifs is 1. The van der Waals surface area contributed by atoms with Crippen molar-refractivity contribution in [3.05, 3.63) is 0 Å². The molecule has 2 N–H and O–H groups in total. The minimum absolute atomic E-state index is 0.0271. The van der Waals surface area contributed by atoms with Crippen molar-refractivity contribution >= 4 is 29.5 Å². The van der Waals surface area contributed by atoms with Gasteiger partial charge in [0.2, 0.25) is 11.8 Å². The first-order valence-electron chi connectivity index (χ1n) is 12.6. The first-order chi connectivity index (χ1) is 15.5. The van der Waals surface area contributed by atoms with Gasteiger partial charge in [0.15, 0.2) is 0 Å². The van der Waals surface area contributed by atoms with Crippen LogP contribution in [0.25, 0.3) is 0 Å². The molecule has 3 aliphatic heterocycles. The Bertz CT molecular complexity index is 713. The molecule has 1 spiro atoms. The lowest BCUT2D eigenvalue weighted by Gasteiger charge is -2.35. The number of aliphatic hydroxyl groups excluding tert-OH is 1. The number of ether oxygens (including phenoxy) is 1. The second kappa shape index (κ2) is 10.3. The number of nitrogens with one attached hydrogen (secondary N) is 1. The van der Waals surface area contributed by atoms with Crippen LogP contribution in [0.5, 0.6) is 0 Å². The highest BCUT2D eigenvalue weighted by Crippen LogP contribution is 2.66. The highest BCUT2D eigenvalue weighted by Gasteiger charge is 2.73. The van der Waals surface area contributed by atoms with Gasteiger partial charge in [-0.15, -0.1) is 11.8 Å². The highest BCUT2D eigenvalue weighted by molar-refractivity contribution is 8.02. The van der Waals surface area contributed by atoms with Crippen LogP contribution in [0.2, 0.25) is 0 Å². The van der Waals surface area contributed by atoms with Gasteiger partial charge in [-0.3, -0.25) is 14.4 Å². The molecule has 7 nitrogen and oxygen atoms in total. The Labute approximate surface area is 195 Å². The quantitative estimate of drug-likeness (QED) is 0.380. The summed E-state index contributed by atoms with van der Waals surface area (Å²) < 4.78 is 4.85. The van der Waals surface area contributed by atoms with Gasteiger partial charge in [-0.1, -0.05) is 32.1 Å². The third-order valence-electron chi connectivity index (χ3n) is 7.87. The Morgan fingerprint density at radius 1 is 1.16 bits per heavy atom. The maximum Gasteiger partial charge on any atom is 0.310 e. The monoisotopic (exact) mass is 466 g/mol. The Morgan fingerprint density at radius 3 is 2.62 bits per heavy atom. The number of carbonyl (C=O) groups is 3. The topological polar surface area (TPSA) is 95.9 Å². The fraction of sp³-hybridized carbons (Fsp3) is 0.875. The van der Waals surface area contributed by atoms with E-state index in [1.807, 2.05) is 0 Å². The van der Waals surface area contributed by atoms with Crippen molar-refractivity contribution in [2.75, 3.05) is 19.8 Å². The summed E-state index contributed by atoms with van der Waals surface area (Å²) in [6.45, 7) is 2.82. The van der Waals surface area contributed by atoms with E-state index in [0.29, 0.717) is 13.2 Å². The van der Waals surface area contributed by atoms with Crippen molar-refractivity contribution < 1.29 is 24.2 Å². The highest BCUT2D eigenvalue weighted by atomic mass is 32.2. The third kappa shape index (κ3) is 4.29. The molecular formula is C24H38N2O5S. The molecular weight excluding hydrogens is 428 g/mol. The molecule has 2 amide bonds. The van der Waals surface area contributed by atoms with Crippen molar-refractivity contribution in [1.82, 2.24) is 10.2 Å². The maximum absolute atomic E-state index is 13.7. The van der Waals surface area contributed by atoms with E-state index >= 15 is 0 Å². The zero-order valence-electron chi connectivity index (χ0n) is 19.2. The molecule has 4 rings (SSSR count). The lowest BCUT2D eigenvalue weighted by atomic mass is 9.71. The molecule has 180 valence electrons. The number of carbonyl (C=O) groups excluding carboxylic acids is 3. The molecule has 2 bridgehead atoms. The van der Waals surface area contributed by atoms with Crippen molar-refractivity contribution in [3.63, 3.8) is 0 Å². The largest absolute Gasteiger partial charge is 0.466 e. The Hall–Kier alpha value is -1.28. The average Bonchev–Trinajstić information content (AvgIpc) is 3.42. The number of nitrogens with zero attached hydrogens (tertiary/aromatic N) is 1. The van der Waals surface area contributed by atoms with E-state index in [1.165, 1.54) is 6.42 Å². The van der Waals surface area contributed by atoms with E-state index in [9.17, 15) is 14.4 Å². The minimum atomic E-state index is -0.511. The molecule has 0 aromatic carbocycles. The summed E-state index contributed by atoms with van der Waals surface area (Å²) in [6, 6.07) is -0.313. The van der Waals surface area contributed by atoms with Gasteiger partial charge in [0.05, 0.1) is 23.2 Å². The van der Waals surface area contributed by atoms with Crippen LogP contribution >= 0.6 is 11.8 Å². The maximum atomic E-state index is 13.7. The molecule has 4 fully saturated rings. The van der Waals surface area contributed by atoms with E-state index in [0.717, 1.165) is 64.2 Å². The van der Waals surface area contributed by atoms with Crippen LogP contribution in [0.3, 0.4) is 0 Å². The van der Waals surface area contributed by atoms with Crippen LogP contribution in [0.4, 0.5) is 0 Å². The first-order valence-corrected chi connectivity index (χ1v) is 13.5. The summed E-state index contributed by atoms with van der Waals surface area (Å²) in [4.78, 5) is 42.0. The summed E-state index contributed by atoms with van der Waals surface area (Å²) in [5.41, 5.74) is 0. The molecule has 0 aromatic rings. The smallest absolute Gasteiger partial charge is 0.310 e. The van der Waals surface area contributed by atoms with Crippen LogP contribution in [-0.2, 0) is 19.1 Å². The zero-order valence-corrected chi connectivity index (χ0v) is 20.0. The first kappa shape index (κ1) is 23.9. The molecule has 0 aromatic heterocycles. The van der Waals surface area contributed by atoms with E-state index in [1.54, 1.807) is 23.6 Å². The molecule has 1 aliphatic carbocycles. The Kier molecular flexibility index (Phi) is 7.70. The fourth-order valence-corrected chi connectivity index (χ4v) is 8.68. The van der Waals surface area contributed by atoms with Crippen LogP contribution in [0.1, 0.15) is 77.6 Å². The molecule has 3 heterocycles. The number of unbranched alkanes of at least 4 members (excludes halogenated alkanes) is 3. The number of hydrogen-bond acceptors (Lipinski definition) is 6. The Morgan fingerprint density at radius 2 is 1.91 bits per heavy atom. The molecule has 5 atom stereocenters. The molecule has 3 saturated heterocycles. The second-order valence-electron chi connectivity index (χ2n) is 9.82. The van der Waals surface area contributed by atoms with Crippen molar-refractivity contribution in [3.8, 4) is 0 Å². The number of esters is 1. The summed E-state index contributed by atoms with van der Waals surface area (Å²) in [5.74, 6) is -1.24. The van der Waals surface area contributed by atoms with Crippen molar-refractivity contribution in [2.45, 2.75) is 99.6 Å².